The number of H-pyrrole nitrogens is 1. The van der Waals surface area contributed by atoms with Crippen LogP contribution in [0.4, 0.5) is 4.39 Å². The Morgan fingerprint density at radius 3 is 2.83 bits per heavy atom. The zero-order valence-corrected chi connectivity index (χ0v) is 17.8. The summed E-state index contributed by atoms with van der Waals surface area (Å²) in [6, 6.07) is 13.4. The number of nitrogens with one attached hydrogen (secondary N) is 2. The van der Waals surface area contributed by atoms with E-state index in [-0.39, 0.29) is 18.2 Å². The van der Waals surface area contributed by atoms with Gasteiger partial charge < -0.3 is 15.4 Å². The Morgan fingerprint density at radius 1 is 1.10 bits per heavy atom. The average Bonchev–Trinajstić information content (AvgIpc) is 3.15. The Bertz CT molecular complexity index is 1110. The summed E-state index contributed by atoms with van der Waals surface area (Å²) < 4.78 is 13.5. The van der Waals surface area contributed by atoms with E-state index >= 15 is 0 Å². The summed E-state index contributed by atoms with van der Waals surface area (Å²) in [4.78, 5) is 7.25. The van der Waals surface area contributed by atoms with Gasteiger partial charge in [0.15, 0.2) is 0 Å². The third kappa shape index (κ3) is 5.17. The van der Waals surface area contributed by atoms with Gasteiger partial charge in [-0.25, -0.2) is 4.39 Å². The molecule has 4 rings (SSSR count). The summed E-state index contributed by atoms with van der Waals surface area (Å²) in [5.41, 5.74) is 2.86. The number of rotatable bonds is 8. The van der Waals surface area contributed by atoms with Crippen LogP contribution >= 0.6 is 12.4 Å². The van der Waals surface area contributed by atoms with E-state index in [0.29, 0.717) is 12.5 Å². The van der Waals surface area contributed by atoms with E-state index in [9.17, 15) is 9.50 Å². The van der Waals surface area contributed by atoms with Crippen LogP contribution in [0, 0.1) is 5.82 Å². The Kier molecular flexibility index (Phi) is 7.43. The van der Waals surface area contributed by atoms with Gasteiger partial charge in [0.05, 0.1) is 6.10 Å². The highest BCUT2D eigenvalue weighted by molar-refractivity contribution is 5.85. The van der Waals surface area contributed by atoms with Crippen LogP contribution in [0.15, 0.2) is 61.1 Å². The highest BCUT2D eigenvalue weighted by Gasteiger charge is 2.14. The van der Waals surface area contributed by atoms with E-state index in [1.807, 2.05) is 18.5 Å². The van der Waals surface area contributed by atoms with E-state index < -0.39 is 6.10 Å². The fourth-order valence-electron chi connectivity index (χ4n) is 3.80. The monoisotopic (exact) mass is 427 g/mol. The predicted octanol–water partition coefficient (Wildman–Crippen LogP) is 5.66. The summed E-state index contributed by atoms with van der Waals surface area (Å²) >= 11 is 0. The van der Waals surface area contributed by atoms with E-state index in [4.69, 9.17) is 0 Å². The minimum Gasteiger partial charge on any atom is -0.388 e. The zero-order valence-electron chi connectivity index (χ0n) is 16.9. The minimum absolute atomic E-state index is 0. The van der Waals surface area contributed by atoms with E-state index in [2.05, 4.69) is 40.4 Å². The molecule has 0 fully saturated rings. The standard InChI is InChI=1S/C24H26FN3O.ClH/c1-16(27-13-17-5-6-19-14-26-10-9-18(19)11-17)3-2-4-24(29)22-15-28-23-8-7-20(25)12-21(22)23;/h5-12,14-16,24,27-29H,2-4,13H2,1H3;1H/t16-,24?;/m1./s1. The van der Waals surface area contributed by atoms with Gasteiger partial charge in [0.1, 0.15) is 5.82 Å². The first-order chi connectivity index (χ1) is 14.1. The molecule has 0 saturated carbocycles. The van der Waals surface area contributed by atoms with Crippen molar-refractivity contribution in [1.29, 1.82) is 0 Å². The first-order valence-electron chi connectivity index (χ1n) is 10.1. The van der Waals surface area contributed by atoms with Gasteiger partial charge in [0.25, 0.3) is 0 Å². The van der Waals surface area contributed by atoms with Crippen molar-refractivity contribution in [1.82, 2.24) is 15.3 Å². The SMILES string of the molecule is C[C@H](CCCC(O)c1c[nH]c2ccc(F)cc12)NCc1ccc2cnccc2c1.Cl. The maximum absolute atomic E-state index is 13.5. The van der Waals surface area contributed by atoms with Crippen molar-refractivity contribution in [3.05, 3.63) is 78.0 Å². The van der Waals surface area contributed by atoms with E-state index in [1.54, 1.807) is 12.3 Å². The summed E-state index contributed by atoms with van der Waals surface area (Å²) in [5.74, 6) is -0.284. The Labute approximate surface area is 181 Å². The van der Waals surface area contributed by atoms with Crippen LogP contribution in [0.1, 0.15) is 43.4 Å². The molecule has 3 N–H and O–H groups in total. The minimum atomic E-state index is -0.591. The van der Waals surface area contributed by atoms with Crippen molar-refractivity contribution in [3.8, 4) is 0 Å². The first-order valence-corrected chi connectivity index (χ1v) is 10.1. The molecule has 0 aliphatic rings. The zero-order chi connectivity index (χ0) is 20.2. The highest BCUT2D eigenvalue weighted by Crippen LogP contribution is 2.28. The van der Waals surface area contributed by atoms with Gasteiger partial charge in [-0.2, -0.15) is 0 Å². The summed E-state index contributed by atoms with van der Waals surface area (Å²) in [7, 11) is 0. The molecule has 0 bridgehead atoms. The number of pyridine rings is 1. The van der Waals surface area contributed by atoms with Crippen molar-refractivity contribution in [2.45, 2.75) is 44.9 Å². The molecule has 0 spiro atoms. The van der Waals surface area contributed by atoms with Crippen molar-refractivity contribution in [2.24, 2.45) is 0 Å². The van der Waals surface area contributed by atoms with Crippen LogP contribution in [-0.2, 0) is 6.54 Å². The number of aliphatic hydroxyl groups is 1. The number of aromatic amines is 1. The lowest BCUT2D eigenvalue weighted by Gasteiger charge is -2.16. The summed E-state index contributed by atoms with van der Waals surface area (Å²) in [6.45, 7) is 2.97. The molecule has 2 heterocycles. The number of fused-ring (bicyclic) bond motifs is 2. The van der Waals surface area contributed by atoms with Gasteiger partial charge in [-0.15, -0.1) is 12.4 Å². The maximum atomic E-state index is 13.5. The van der Waals surface area contributed by atoms with Crippen LogP contribution in [0.25, 0.3) is 21.7 Å². The molecule has 4 aromatic rings. The second-order valence-corrected chi connectivity index (χ2v) is 7.72. The fraction of sp³-hybridized carbons (Fsp3) is 0.292. The third-order valence-corrected chi connectivity index (χ3v) is 5.51. The molecule has 2 atom stereocenters. The summed E-state index contributed by atoms with van der Waals surface area (Å²) in [6.07, 6.45) is 7.39. The molecule has 0 radical (unpaired) electrons. The molecule has 2 aromatic carbocycles. The maximum Gasteiger partial charge on any atom is 0.123 e. The molecule has 0 saturated heterocycles. The molecular formula is C24H27ClFN3O. The van der Waals surface area contributed by atoms with Crippen LogP contribution in [0.2, 0.25) is 0 Å². The molecule has 6 heteroatoms. The number of halogens is 2. The smallest absolute Gasteiger partial charge is 0.123 e. The Hall–Kier alpha value is -2.47. The van der Waals surface area contributed by atoms with Gasteiger partial charge in [0.2, 0.25) is 0 Å². The Morgan fingerprint density at radius 2 is 1.97 bits per heavy atom. The number of nitrogens with zero attached hydrogens (tertiary/aromatic N) is 1. The quantitative estimate of drug-likeness (QED) is 0.340. The molecule has 2 aromatic heterocycles. The second-order valence-electron chi connectivity index (χ2n) is 7.72. The van der Waals surface area contributed by atoms with Gasteiger partial charge in [-0.05, 0) is 67.5 Å². The number of hydrogen-bond donors (Lipinski definition) is 3. The summed E-state index contributed by atoms with van der Waals surface area (Å²) in [5, 5.41) is 17.2. The van der Waals surface area contributed by atoms with Gasteiger partial charge in [-0.3, -0.25) is 4.98 Å². The second kappa shape index (κ2) is 10.0. The van der Waals surface area contributed by atoms with Crippen molar-refractivity contribution in [2.75, 3.05) is 0 Å². The lowest BCUT2D eigenvalue weighted by molar-refractivity contribution is 0.164. The van der Waals surface area contributed by atoms with E-state index in [1.165, 1.54) is 23.1 Å². The topological polar surface area (TPSA) is 60.9 Å². The molecule has 0 aliphatic heterocycles. The molecular weight excluding hydrogens is 401 g/mol. The lowest BCUT2D eigenvalue weighted by atomic mass is 10.0. The molecule has 4 nitrogen and oxygen atoms in total. The number of benzene rings is 2. The van der Waals surface area contributed by atoms with Crippen molar-refractivity contribution < 1.29 is 9.50 Å². The van der Waals surface area contributed by atoms with Crippen LogP contribution < -0.4 is 5.32 Å². The van der Waals surface area contributed by atoms with Crippen LogP contribution in [0.5, 0.6) is 0 Å². The van der Waals surface area contributed by atoms with Crippen molar-refractivity contribution >= 4 is 34.1 Å². The van der Waals surface area contributed by atoms with Gasteiger partial charge in [-0.1, -0.05) is 12.1 Å². The highest BCUT2D eigenvalue weighted by atomic mass is 35.5. The van der Waals surface area contributed by atoms with Crippen LogP contribution in [0.3, 0.4) is 0 Å². The average molecular weight is 428 g/mol. The molecule has 0 aliphatic carbocycles. The number of aliphatic hydroxyl groups excluding tert-OH is 1. The van der Waals surface area contributed by atoms with E-state index in [0.717, 1.165) is 41.2 Å². The lowest BCUT2D eigenvalue weighted by Crippen LogP contribution is -2.25. The van der Waals surface area contributed by atoms with Crippen molar-refractivity contribution in [3.63, 3.8) is 0 Å². The Balaban J connectivity index is 0.00000256. The molecule has 158 valence electrons. The first kappa shape index (κ1) is 22.2. The number of hydrogen-bond acceptors (Lipinski definition) is 3. The largest absolute Gasteiger partial charge is 0.388 e. The normalized spacial score (nSPS) is 13.3. The third-order valence-electron chi connectivity index (χ3n) is 5.51. The number of aromatic nitrogens is 2. The molecule has 30 heavy (non-hydrogen) atoms. The van der Waals surface area contributed by atoms with Gasteiger partial charge in [0, 0.05) is 53.0 Å². The predicted molar refractivity (Wildman–Crippen MR) is 122 cm³/mol. The van der Waals surface area contributed by atoms with Crippen LogP contribution in [-0.4, -0.2) is 21.1 Å². The van der Waals surface area contributed by atoms with Gasteiger partial charge >= 0.3 is 0 Å². The molecule has 0 amide bonds. The fourth-order valence-corrected chi connectivity index (χ4v) is 3.80. The molecule has 1 unspecified atom stereocenters.